The number of aliphatic imine (C=N–C) groups is 1. The van der Waals surface area contributed by atoms with Crippen LogP contribution in [0.1, 0.15) is 25.3 Å². The van der Waals surface area contributed by atoms with Crippen LogP contribution in [0.5, 0.6) is 0 Å². The van der Waals surface area contributed by atoms with Gasteiger partial charge in [0.15, 0.2) is 5.65 Å². The lowest BCUT2D eigenvalue weighted by Gasteiger charge is -2.10. The van der Waals surface area contributed by atoms with Gasteiger partial charge in [-0.05, 0) is 38.0 Å². The summed E-state index contributed by atoms with van der Waals surface area (Å²) in [4.78, 5) is 32.6. The summed E-state index contributed by atoms with van der Waals surface area (Å²) in [5.41, 5.74) is 9.02. The molecule has 2 heterocycles. The summed E-state index contributed by atoms with van der Waals surface area (Å²) in [7, 11) is 0. The SMILES string of the molecule is CC(N=C/C(=C\N)c1cnn2c(-c3cccc(NC(=O)NCC(F)(F)F)c3)cnc2c1)C(=O)NC1CC1. The van der Waals surface area contributed by atoms with Crippen molar-refractivity contribution in [2.24, 2.45) is 10.7 Å². The van der Waals surface area contributed by atoms with Gasteiger partial charge in [0.05, 0.1) is 18.1 Å². The molecule has 5 N–H and O–H groups in total. The first kappa shape index (κ1) is 25.7. The second-order valence-corrected chi connectivity index (χ2v) is 8.52. The molecule has 0 spiro atoms. The monoisotopic (exact) mass is 514 g/mol. The lowest BCUT2D eigenvalue weighted by atomic mass is 10.1. The third kappa shape index (κ3) is 6.84. The highest BCUT2D eigenvalue weighted by atomic mass is 19.4. The molecule has 37 heavy (non-hydrogen) atoms. The van der Waals surface area contributed by atoms with Gasteiger partial charge in [-0.2, -0.15) is 18.3 Å². The summed E-state index contributed by atoms with van der Waals surface area (Å²) in [6.45, 7) is 0.266. The number of hydrogen-bond acceptors (Lipinski definition) is 6. The molecule has 3 aromatic rings. The second kappa shape index (κ2) is 10.7. The van der Waals surface area contributed by atoms with Crippen molar-refractivity contribution in [2.45, 2.75) is 38.0 Å². The van der Waals surface area contributed by atoms with Crippen LogP contribution in [0.2, 0.25) is 0 Å². The number of imidazole rings is 1. The second-order valence-electron chi connectivity index (χ2n) is 8.52. The molecular weight excluding hydrogens is 489 g/mol. The van der Waals surface area contributed by atoms with Gasteiger partial charge in [-0.15, -0.1) is 0 Å². The summed E-state index contributed by atoms with van der Waals surface area (Å²) in [5, 5.41) is 11.5. The minimum absolute atomic E-state index is 0.142. The minimum atomic E-state index is -4.51. The highest BCUT2D eigenvalue weighted by Gasteiger charge is 2.28. The molecule has 0 radical (unpaired) electrons. The Balaban J connectivity index is 1.48. The fraction of sp³-hybridized carbons (Fsp3) is 0.292. The number of hydrogen-bond donors (Lipinski definition) is 4. The van der Waals surface area contributed by atoms with Gasteiger partial charge in [0.25, 0.3) is 0 Å². The van der Waals surface area contributed by atoms with Gasteiger partial charge < -0.3 is 21.7 Å². The van der Waals surface area contributed by atoms with Crippen molar-refractivity contribution in [3.8, 4) is 11.3 Å². The maximum atomic E-state index is 12.3. The zero-order chi connectivity index (χ0) is 26.6. The highest BCUT2D eigenvalue weighted by Crippen LogP contribution is 2.24. The van der Waals surface area contributed by atoms with Gasteiger partial charge in [-0.3, -0.25) is 9.79 Å². The van der Waals surface area contributed by atoms with Crippen molar-refractivity contribution >= 4 is 35.1 Å². The molecule has 13 heteroatoms. The van der Waals surface area contributed by atoms with Crippen LogP contribution in [-0.4, -0.2) is 57.6 Å². The number of alkyl halides is 3. The molecule has 1 aliphatic carbocycles. The zero-order valence-electron chi connectivity index (χ0n) is 19.8. The molecular formula is C24H25F3N8O2. The molecule has 3 amide bonds. The van der Waals surface area contributed by atoms with Crippen LogP contribution < -0.4 is 21.7 Å². The molecule has 4 rings (SSSR count). The average Bonchev–Trinajstić information content (AvgIpc) is 3.57. The Morgan fingerprint density at radius 1 is 1.27 bits per heavy atom. The molecule has 1 unspecified atom stereocenters. The number of halogens is 3. The van der Waals surface area contributed by atoms with Crippen LogP contribution in [0.4, 0.5) is 23.7 Å². The van der Waals surface area contributed by atoms with Gasteiger partial charge in [0.2, 0.25) is 5.91 Å². The Bertz CT molecular complexity index is 1360. The molecule has 10 nitrogen and oxygen atoms in total. The van der Waals surface area contributed by atoms with E-state index in [1.54, 1.807) is 59.5 Å². The van der Waals surface area contributed by atoms with Gasteiger partial charge in [-0.25, -0.2) is 14.3 Å². The Morgan fingerprint density at radius 2 is 2.05 bits per heavy atom. The number of fused-ring (bicyclic) bond motifs is 1. The smallest absolute Gasteiger partial charge is 0.404 e. The number of carbonyl (C=O) groups is 2. The van der Waals surface area contributed by atoms with Crippen molar-refractivity contribution < 1.29 is 22.8 Å². The largest absolute Gasteiger partial charge is 0.405 e. The topological polar surface area (TPSA) is 139 Å². The number of nitrogens with zero attached hydrogens (tertiary/aromatic N) is 4. The van der Waals surface area contributed by atoms with E-state index in [1.807, 2.05) is 0 Å². The van der Waals surface area contributed by atoms with Crippen LogP contribution in [0.25, 0.3) is 22.5 Å². The minimum Gasteiger partial charge on any atom is -0.404 e. The summed E-state index contributed by atoms with van der Waals surface area (Å²) in [6, 6.07) is 7.01. The number of amides is 3. The van der Waals surface area contributed by atoms with Crippen LogP contribution in [-0.2, 0) is 4.79 Å². The van der Waals surface area contributed by atoms with Crippen molar-refractivity contribution in [3.63, 3.8) is 0 Å². The summed E-state index contributed by atoms with van der Waals surface area (Å²) < 4.78 is 38.5. The molecule has 1 saturated carbocycles. The van der Waals surface area contributed by atoms with E-state index in [2.05, 4.69) is 25.7 Å². The maximum Gasteiger partial charge on any atom is 0.405 e. The van der Waals surface area contributed by atoms with E-state index in [9.17, 15) is 22.8 Å². The Hall–Kier alpha value is -4.42. The molecule has 1 fully saturated rings. The van der Waals surface area contributed by atoms with Crippen LogP contribution in [0.15, 0.2) is 53.9 Å². The lowest BCUT2D eigenvalue weighted by molar-refractivity contribution is -0.123. The number of nitrogens with one attached hydrogen (secondary N) is 3. The number of rotatable bonds is 8. The van der Waals surface area contributed by atoms with Crippen molar-refractivity contribution in [2.75, 3.05) is 11.9 Å². The number of benzene rings is 1. The maximum absolute atomic E-state index is 12.3. The van der Waals surface area contributed by atoms with Crippen LogP contribution >= 0.6 is 0 Å². The van der Waals surface area contributed by atoms with Crippen molar-refractivity contribution in [1.29, 1.82) is 0 Å². The first-order valence-corrected chi connectivity index (χ1v) is 11.4. The van der Waals surface area contributed by atoms with Crippen LogP contribution in [0.3, 0.4) is 0 Å². The normalized spacial score (nSPS) is 15.1. The molecule has 1 atom stereocenters. The molecule has 0 saturated heterocycles. The summed E-state index contributed by atoms with van der Waals surface area (Å²) in [6.07, 6.45) is 3.52. The number of anilines is 1. The molecule has 2 aromatic heterocycles. The summed E-state index contributed by atoms with van der Waals surface area (Å²) >= 11 is 0. The first-order chi connectivity index (χ1) is 17.6. The molecule has 0 aliphatic heterocycles. The number of urea groups is 1. The van der Waals surface area contributed by atoms with E-state index in [0.717, 1.165) is 12.8 Å². The van der Waals surface area contributed by atoms with Crippen LogP contribution in [0, 0.1) is 0 Å². The summed E-state index contributed by atoms with van der Waals surface area (Å²) in [5.74, 6) is -0.142. The van der Waals surface area contributed by atoms with Gasteiger partial charge >= 0.3 is 12.2 Å². The van der Waals surface area contributed by atoms with E-state index < -0.39 is 24.8 Å². The van der Waals surface area contributed by atoms with Crippen molar-refractivity contribution in [3.05, 3.63) is 54.5 Å². The Kier molecular flexibility index (Phi) is 7.41. The zero-order valence-corrected chi connectivity index (χ0v) is 19.8. The first-order valence-electron chi connectivity index (χ1n) is 11.4. The highest BCUT2D eigenvalue weighted by molar-refractivity contribution is 6.10. The quantitative estimate of drug-likeness (QED) is 0.342. The van der Waals surface area contributed by atoms with Gasteiger partial charge in [-0.1, -0.05) is 12.1 Å². The Morgan fingerprint density at radius 3 is 2.76 bits per heavy atom. The number of nitrogens with two attached hydrogens (primary N) is 1. The third-order valence-corrected chi connectivity index (χ3v) is 5.48. The number of allylic oxidation sites excluding steroid dienone is 1. The Labute approximate surface area is 209 Å². The molecule has 194 valence electrons. The van der Waals surface area contributed by atoms with E-state index in [4.69, 9.17) is 5.73 Å². The van der Waals surface area contributed by atoms with E-state index >= 15 is 0 Å². The predicted octanol–water partition coefficient (Wildman–Crippen LogP) is 3.12. The molecule has 1 aliphatic rings. The van der Waals surface area contributed by atoms with E-state index in [1.165, 1.54) is 12.4 Å². The third-order valence-electron chi connectivity index (χ3n) is 5.48. The predicted molar refractivity (Wildman–Crippen MR) is 133 cm³/mol. The van der Waals surface area contributed by atoms with E-state index in [-0.39, 0.29) is 11.9 Å². The van der Waals surface area contributed by atoms with Gasteiger partial charge in [0, 0.05) is 40.8 Å². The van der Waals surface area contributed by atoms with Crippen molar-refractivity contribution in [1.82, 2.24) is 25.2 Å². The fourth-order valence-corrected chi connectivity index (χ4v) is 3.37. The standard InChI is InChI=1S/C24H25F3N8O2/c1-14(22(36)33-18-5-6-18)29-10-17(9-28)16-8-21-30-12-20(35(21)32-11-16)15-3-2-4-19(7-15)34-23(37)31-13-24(25,26)27/h2-4,7-12,14,18H,5-6,13,28H2,1H3,(H,33,36)(H2,31,34,37)/b17-9+,29-10?. The lowest BCUT2D eigenvalue weighted by Crippen LogP contribution is -2.36. The molecule has 0 bridgehead atoms. The van der Waals surface area contributed by atoms with E-state index in [0.29, 0.717) is 33.7 Å². The molecule has 1 aromatic carbocycles. The number of carbonyl (C=O) groups excluding carboxylic acids is 2. The van der Waals surface area contributed by atoms with Gasteiger partial charge in [0.1, 0.15) is 12.6 Å². The number of aromatic nitrogens is 3. The average molecular weight is 515 g/mol. The fourth-order valence-electron chi connectivity index (χ4n) is 3.37.